The molecule has 2 aliphatic heterocycles. The van der Waals surface area contributed by atoms with Crippen molar-refractivity contribution >= 4 is 5.91 Å². The number of carbonyl (C=O) groups is 1. The molecular formula is C10H15F3N2O. The molecule has 1 N–H and O–H groups in total. The van der Waals surface area contributed by atoms with Gasteiger partial charge in [-0.05, 0) is 25.8 Å². The van der Waals surface area contributed by atoms with Gasteiger partial charge in [-0.3, -0.25) is 4.79 Å². The summed E-state index contributed by atoms with van der Waals surface area (Å²) in [7, 11) is 0. The lowest BCUT2D eigenvalue weighted by Crippen LogP contribution is -2.43. The smallest absolute Gasteiger partial charge is 0.341 e. The number of hydrogen-bond donors (Lipinski definition) is 1. The second-order valence-electron chi connectivity index (χ2n) is 4.46. The highest BCUT2D eigenvalue weighted by Crippen LogP contribution is 2.33. The number of nitrogens with zero attached hydrogens (tertiary/aromatic N) is 1. The fourth-order valence-corrected chi connectivity index (χ4v) is 2.34. The highest BCUT2D eigenvalue weighted by molar-refractivity contribution is 5.82. The molecule has 0 aliphatic carbocycles. The van der Waals surface area contributed by atoms with Crippen molar-refractivity contribution in [2.45, 2.75) is 31.5 Å². The molecule has 16 heavy (non-hydrogen) atoms. The minimum atomic E-state index is -4.17. The van der Waals surface area contributed by atoms with Gasteiger partial charge in [-0.1, -0.05) is 0 Å². The molecule has 0 aromatic heterocycles. The van der Waals surface area contributed by atoms with Gasteiger partial charge >= 0.3 is 6.18 Å². The monoisotopic (exact) mass is 236 g/mol. The first-order valence-electron chi connectivity index (χ1n) is 5.57. The SMILES string of the molecule is O=C(C1CCCN1)N1CCC(C(F)(F)F)C1. The van der Waals surface area contributed by atoms with E-state index in [1.807, 2.05) is 0 Å². The van der Waals surface area contributed by atoms with Crippen molar-refractivity contribution in [2.75, 3.05) is 19.6 Å². The second kappa shape index (κ2) is 4.24. The molecule has 0 saturated carbocycles. The normalized spacial score (nSPS) is 31.1. The van der Waals surface area contributed by atoms with Crippen LogP contribution in [0.4, 0.5) is 13.2 Å². The maximum absolute atomic E-state index is 12.4. The summed E-state index contributed by atoms with van der Waals surface area (Å²) in [6.45, 7) is 0.856. The molecule has 2 fully saturated rings. The number of amides is 1. The summed E-state index contributed by atoms with van der Waals surface area (Å²) in [4.78, 5) is 13.2. The van der Waals surface area contributed by atoms with E-state index in [1.54, 1.807) is 0 Å². The lowest BCUT2D eigenvalue weighted by atomic mass is 10.1. The van der Waals surface area contributed by atoms with Crippen molar-refractivity contribution < 1.29 is 18.0 Å². The lowest BCUT2D eigenvalue weighted by molar-refractivity contribution is -0.171. The van der Waals surface area contributed by atoms with Crippen LogP contribution in [0.5, 0.6) is 0 Å². The van der Waals surface area contributed by atoms with E-state index in [1.165, 1.54) is 4.90 Å². The van der Waals surface area contributed by atoms with Gasteiger partial charge in [-0.25, -0.2) is 0 Å². The maximum atomic E-state index is 12.4. The van der Waals surface area contributed by atoms with Crippen molar-refractivity contribution in [1.29, 1.82) is 0 Å². The molecule has 1 amide bonds. The molecule has 6 heteroatoms. The van der Waals surface area contributed by atoms with E-state index in [9.17, 15) is 18.0 Å². The standard InChI is InChI=1S/C10H15F3N2O/c11-10(12,13)7-3-5-15(6-7)9(16)8-2-1-4-14-8/h7-8,14H,1-6H2. The molecule has 3 nitrogen and oxygen atoms in total. The summed E-state index contributed by atoms with van der Waals surface area (Å²) < 4.78 is 37.3. The Hall–Kier alpha value is -0.780. The molecule has 92 valence electrons. The molecule has 2 rings (SSSR count). The van der Waals surface area contributed by atoms with E-state index < -0.39 is 12.1 Å². The first-order valence-corrected chi connectivity index (χ1v) is 5.57. The highest BCUT2D eigenvalue weighted by atomic mass is 19.4. The van der Waals surface area contributed by atoms with Crippen LogP contribution in [0.3, 0.4) is 0 Å². The Morgan fingerprint density at radius 2 is 2.06 bits per heavy atom. The molecule has 0 aromatic rings. The van der Waals surface area contributed by atoms with E-state index in [0.29, 0.717) is 0 Å². The van der Waals surface area contributed by atoms with Crippen LogP contribution in [0, 0.1) is 5.92 Å². The van der Waals surface area contributed by atoms with Crippen LogP contribution < -0.4 is 5.32 Å². The number of nitrogens with one attached hydrogen (secondary N) is 1. The number of rotatable bonds is 1. The molecule has 0 bridgehead atoms. The first-order chi connectivity index (χ1) is 7.48. The van der Waals surface area contributed by atoms with Gasteiger partial charge in [0.15, 0.2) is 0 Å². The predicted octanol–water partition coefficient (Wildman–Crippen LogP) is 1.15. The van der Waals surface area contributed by atoms with E-state index in [0.717, 1.165) is 19.4 Å². The Balaban J connectivity index is 1.90. The van der Waals surface area contributed by atoms with Gasteiger partial charge < -0.3 is 10.2 Å². The number of likely N-dealkylation sites (tertiary alicyclic amines) is 1. The summed E-state index contributed by atoms with van der Waals surface area (Å²) in [6.07, 6.45) is -2.46. The van der Waals surface area contributed by atoms with Crippen molar-refractivity contribution in [1.82, 2.24) is 10.2 Å². The molecule has 2 saturated heterocycles. The first kappa shape index (κ1) is 11.7. The van der Waals surface area contributed by atoms with E-state index >= 15 is 0 Å². The topological polar surface area (TPSA) is 32.3 Å². The summed E-state index contributed by atoms with van der Waals surface area (Å²) in [6, 6.07) is -0.257. The van der Waals surface area contributed by atoms with Crippen LogP contribution in [-0.4, -0.2) is 42.7 Å². The van der Waals surface area contributed by atoms with E-state index in [2.05, 4.69) is 5.32 Å². The zero-order valence-electron chi connectivity index (χ0n) is 8.89. The third-order valence-corrected chi connectivity index (χ3v) is 3.32. The number of halogens is 3. The van der Waals surface area contributed by atoms with Gasteiger partial charge in [0.25, 0.3) is 0 Å². The van der Waals surface area contributed by atoms with Crippen molar-refractivity contribution in [3.63, 3.8) is 0 Å². The van der Waals surface area contributed by atoms with Gasteiger partial charge in [0.05, 0.1) is 12.0 Å². The zero-order chi connectivity index (χ0) is 11.8. The Labute approximate surface area is 92.0 Å². The molecule has 0 spiro atoms. The number of alkyl halides is 3. The Morgan fingerprint density at radius 3 is 2.56 bits per heavy atom. The summed E-state index contributed by atoms with van der Waals surface area (Å²) in [5.41, 5.74) is 0. The van der Waals surface area contributed by atoms with Gasteiger partial charge in [0.1, 0.15) is 0 Å². The summed E-state index contributed by atoms with van der Waals surface area (Å²) >= 11 is 0. The second-order valence-corrected chi connectivity index (χ2v) is 4.46. The van der Waals surface area contributed by atoms with Gasteiger partial charge in [0, 0.05) is 13.1 Å². The van der Waals surface area contributed by atoms with Gasteiger partial charge in [-0.15, -0.1) is 0 Å². The lowest BCUT2D eigenvalue weighted by Gasteiger charge is -2.21. The average Bonchev–Trinajstić information content (AvgIpc) is 2.87. The fraction of sp³-hybridized carbons (Fsp3) is 0.900. The largest absolute Gasteiger partial charge is 0.393 e. The van der Waals surface area contributed by atoms with Crippen LogP contribution in [0.15, 0.2) is 0 Å². The molecular weight excluding hydrogens is 221 g/mol. The van der Waals surface area contributed by atoms with Crippen molar-refractivity contribution in [2.24, 2.45) is 5.92 Å². The Kier molecular flexibility index (Phi) is 3.10. The molecule has 0 aromatic carbocycles. The minimum Gasteiger partial charge on any atom is -0.341 e. The fourth-order valence-electron chi connectivity index (χ4n) is 2.34. The van der Waals surface area contributed by atoms with Crippen LogP contribution in [0.25, 0.3) is 0 Å². The van der Waals surface area contributed by atoms with Crippen LogP contribution in [-0.2, 0) is 4.79 Å². The van der Waals surface area contributed by atoms with E-state index in [4.69, 9.17) is 0 Å². The Bertz CT molecular complexity index is 274. The van der Waals surface area contributed by atoms with Crippen LogP contribution >= 0.6 is 0 Å². The van der Waals surface area contributed by atoms with Gasteiger partial charge in [0.2, 0.25) is 5.91 Å². The molecule has 2 heterocycles. The summed E-state index contributed by atoms with van der Waals surface area (Å²) in [5, 5.41) is 3.01. The van der Waals surface area contributed by atoms with Gasteiger partial charge in [-0.2, -0.15) is 13.2 Å². The maximum Gasteiger partial charge on any atom is 0.393 e. The predicted molar refractivity (Wildman–Crippen MR) is 51.8 cm³/mol. The van der Waals surface area contributed by atoms with E-state index in [-0.39, 0.29) is 31.5 Å². The number of hydrogen-bond acceptors (Lipinski definition) is 2. The molecule has 2 atom stereocenters. The summed E-state index contributed by atoms with van der Waals surface area (Å²) in [5.74, 6) is -1.50. The number of carbonyl (C=O) groups excluding carboxylic acids is 1. The quantitative estimate of drug-likeness (QED) is 0.740. The minimum absolute atomic E-state index is 0.0436. The van der Waals surface area contributed by atoms with Crippen LogP contribution in [0.1, 0.15) is 19.3 Å². The third kappa shape index (κ3) is 2.31. The zero-order valence-corrected chi connectivity index (χ0v) is 8.89. The molecule has 0 radical (unpaired) electrons. The molecule has 2 aliphatic rings. The van der Waals surface area contributed by atoms with Crippen LogP contribution in [0.2, 0.25) is 0 Å². The Morgan fingerprint density at radius 1 is 1.31 bits per heavy atom. The van der Waals surface area contributed by atoms with Crippen molar-refractivity contribution in [3.8, 4) is 0 Å². The third-order valence-electron chi connectivity index (χ3n) is 3.32. The van der Waals surface area contributed by atoms with Crippen molar-refractivity contribution in [3.05, 3.63) is 0 Å². The average molecular weight is 236 g/mol. The molecule has 2 unspecified atom stereocenters. The highest BCUT2D eigenvalue weighted by Gasteiger charge is 2.45.